The van der Waals surface area contributed by atoms with Gasteiger partial charge in [-0.2, -0.15) is 0 Å². The van der Waals surface area contributed by atoms with E-state index in [9.17, 15) is 0 Å². The maximum Gasteiger partial charge on any atom is 0.0543 e. The molecule has 10 aromatic carbocycles. The van der Waals surface area contributed by atoms with Gasteiger partial charge >= 0.3 is 0 Å². The van der Waals surface area contributed by atoms with Crippen molar-refractivity contribution in [3.8, 4) is 22.3 Å². The van der Waals surface area contributed by atoms with Crippen LogP contribution in [0.5, 0.6) is 0 Å². The molecule has 0 N–H and O–H groups in total. The third-order valence-electron chi connectivity index (χ3n) is 14.8. The molecule has 2 aliphatic carbocycles. The van der Waals surface area contributed by atoms with Gasteiger partial charge < -0.3 is 4.90 Å². The standard InChI is InChI=1S/C63H51N/c1-62(2)56-35-42(34-48(33-41-17-7-5-8-18-41)47-29-28-43-19-11-13-21-45(43)36-47)27-32-51(56)54-38-58-55(39-57(54)62)61-53-26-16-15-25-52(53)60(40-59(61)63(58,3)4)64(49-23-9-6-10-24-49)50-31-30-44-20-12-14-22-46(44)37-50/h5-32,35-40,48H,33-34H2,1-4H3/t48-/m1/s1. The summed E-state index contributed by atoms with van der Waals surface area (Å²) in [6.07, 6.45) is 1.99. The summed E-state index contributed by atoms with van der Waals surface area (Å²) in [5.41, 5.74) is 18.5. The molecular weight excluding hydrogens is 771 g/mol. The van der Waals surface area contributed by atoms with Crippen molar-refractivity contribution in [3.63, 3.8) is 0 Å². The van der Waals surface area contributed by atoms with Crippen molar-refractivity contribution in [2.24, 2.45) is 0 Å². The number of nitrogens with zero attached hydrogens (tertiary/aromatic N) is 1. The summed E-state index contributed by atoms with van der Waals surface area (Å²) >= 11 is 0. The van der Waals surface area contributed by atoms with Gasteiger partial charge in [0.2, 0.25) is 0 Å². The van der Waals surface area contributed by atoms with E-state index < -0.39 is 0 Å². The van der Waals surface area contributed by atoms with Crippen molar-refractivity contribution >= 4 is 49.4 Å². The second-order valence-corrected chi connectivity index (χ2v) is 19.3. The van der Waals surface area contributed by atoms with E-state index in [2.05, 4.69) is 239 Å². The summed E-state index contributed by atoms with van der Waals surface area (Å²) in [6.45, 7) is 9.77. The third-order valence-corrected chi connectivity index (χ3v) is 14.8. The van der Waals surface area contributed by atoms with E-state index >= 15 is 0 Å². The van der Waals surface area contributed by atoms with E-state index in [1.54, 1.807) is 0 Å². The van der Waals surface area contributed by atoms with E-state index in [1.807, 2.05) is 0 Å². The lowest BCUT2D eigenvalue weighted by Gasteiger charge is -2.30. The number of fused-ring (bicyclic) bond motifs is 10. The van der Waals surface area contributed by atoms with Gasteiger partial charge in [-0.1, -0.05) is 191 Å². The van der Waals surface area contributed by atoms with Crippen LogP contribution in [0.1, 0.15) is 72.6 Å². The Hall–Kier alpha value is -7.22. The van der Waals surface area contributed by atoms with Crippen molar-refractivity contribution in [1.29, 1.82) is 0 Å². The van der Waals surface area contributed by atoms with Crippen LogP contribution in [0.15, 0.2) is 206 Å². The molecule has 308 valence electrons. The van der Waals surface area contributed by atoms with Gasteiger partial charge in [-0.25, -0.2) is 0 Å². The highest BCUT2D eigenvalue weighted by Crippen LogP contribution is 2.59. The fourth-order valence-corrected chi connectivity index (χ4v) is 11.4. The number of para-hydroxylation sites is 1. The summed E-state index contributed by atoms with van der Waals surface area (Å²) in [7, 11) is 0. The summed E-state index contributed by atoms with van der Waals surface area (Å²) in [5, 5.41) is 7.65. The summed E-state index contributed by atoms with van der Waals surface area (Å²) in [5.74, 6) is 0.357. The van der Waals surface area contributed by atoms with Crippen molar-refractivity contribution in [2.75, 3.05) is 4.90 Å². The molecule has 1 heteroatoms. The maximum absolute atomic E-state index is 2.58. The second-order valence-electron chi connectivity index (χ2n) is 19.3. The molecule has 0 spiro atoms. The van der Waals surface area contributed by atoms with Crippen LogP contribution in [-0.4, -0.2) is 0 Å². The molecule has 0 aromatic heterocycles. The zero-order chi connectivity index (χ0) is 43.2. The fourth-order valence-electron chi connectivity index (χ4n) is 11.4. The number of hydrogen-bond donors (Lipinski definition) is 0. The van der Waals surface area contributed by atoms with Gasteiger partial charge in [-0.3, -0.25) is 0 Å². The summed E-state index contributed by atoms with van der Waals surface area (Å²) in [4.78, 5) is 2.47. The minimum absolute atomic E-state index is 0.156. The van der Waals surface area contributed by atoms with Crippen LogP contribution in [0.25, 0.3) is 54.6 Å². The number of hydrogen-bond acceptors (Lipinski definition) is 1. The summed E-state index contributed by atoms with van der Waals surface area (Å²) in [6, 6.07) is 77.5. The van der Waals surface area contributed by atoms with Crippen LogP contribution in [0.4, 0.5) is 17.1 Å². The van der Waals surface area contributed by atoms with Gasteiger partial charge in [0.05, 0.1) is 5.69 Å². The third kappa shape index (κ3) is 6.13. The second kappa shape index (κ2) is 14.7. The lowest BCUT2D eigenvalue weighted by Crippen LogP contribution is -2.18. The molecule has 0 unspecified atom stereocenters. The molecule has 64 heavy (non-hydrogen) atoms. The van der Waals surface area contributed by atoms with Crippen LogP contribution in [0, 0.1) is 0 Å². The van der Waals surface area contributed by atoms with Crippen LogP contribution in [-0.2, 0) is 23.7 Å². The molecule has 1 nitrogen and oxygen atoms in total. The van der Waals surface area contributed by atoms with Gasteiger partial charge in [0.25, 0.3) is 0 Å². The van der Waals surface area contributed by atoms with E-state index in [0.717, 1.165) is 24.2 Å². The fraction of sp³-hybridized carbons (Fsp3) is 0.143. The average Bonchev–Trinajstić information content (AvgIpc) is 3.69. The van der Waals surface area contributed by atoms with Gasteiger partial charge in [0.1, 0.15) is 0 Å². The van der Waals surface area contributed by atoms with Gasteiger partial charge in [0.15, 0.2) is 0 Å². The largest absolute Gasteiger partial charge is 0.310 e. The van der Waals surface area contributed by atoms with Crippen LogP contribution in [0.3, 0.4) is 0 Å². The molecule has 2 aliphatic rings. The highest BCUT2D eigenvalue weighted by atomic mass is 15.1. The molecule has 0 aliphatic heterocycles. The molecule has 0 heterocycles. The first kappa shape index (κ1) is 38.5. The van der Waals surface area contributed by atoms with Gasteiger partial charge in [-0.15, -0.1) is 0 Å². The smallest absolute Gasteiger partial charge is 0.0543 e. The Labute approximate surface area is 377 Å². The van der Waals surface area contributed by atoms with E-state index in [1.165, 1.54) is 99.2 Å². The lowest BCUT2D eigenvalue weighted by molar-refractivity contribution is 0.648. The average molecular weight is 822 g/mol. The quantitative estimate of drug-likeness (QED) is 0.148. The molecular formula is C63H51N. The number of rotatable bonds is 8. The highest BCUT2D eigenvalue weighted by Gasteiger charge is 2.43. The molecule has 10 aromatic rings. The molecule has 0 saturated carbocycles. The zero-order valence-corrected chi connectivity index (χ0v) is 37.1. The Morgan fingerprint density at radius 3 is 1.69 bits per heavy atom. The Morgan fingerprint density at radius 1 is 0.375 bits per heavy atom. The van der Waals surface area contributed by atoms with Crippen LogP contribution < -0.4 is 4.90 Å². The molecule has 0 fully saturated rings. The SMILES string of the molecule is CC1(C)c2cc(C[C@@H](Cc3ccccc3)c3ccc4ccccc4c3)ccc2-c2cc3c(cc21)-c1c(cc(N(c2ccccc2)c2ccc4ccccc4c2)c2ccccc12)C3(C)C. The Balaban J connectivity index is 0.962. The first-order chi connectivity index (χ1) is 31.2. The first-order valence-corrected chi connectivity index (χ1v) is 23.0. The molecule has 0 bridgehead atoms. The topological polar surface area (TPSA) is 3.24 Å². The van der Waals surface area contributed by atoms with Crippen molar-refractivity contribution in [2.45, 2.75) is 57.3 Å². The lowest BCUT2D eigenvalue weighted by atomic mass is 9.78. The van der Waals surface area contributed by atoms with Gasteiger partial charge in [0, 0.05) is 27.6 Å². The molecule has 0 saturated heterocycles. The zero-order valence-electron chi connectivity index (χ0n) is 37.1. The monoisotopic (exact) mass is 821 g/mol. The Morgan fingerprint density at radius 2 is 0.938 bits per heavy atom. The molecule has 0 radical (unpaired) electrons. The minimum Gasteiger partial charge on any atom is -0.310 e. The molecule has 0 amide bonds. The minimum atomic E-state index is -0.221. The first-order valence-electron chi connectivity index (χ1n) is 23.0. The molecule has 1 atom stereocenters. The maximum atomic E-state index is 2.58. The van der Waals surface area contributed by atoms with Crippen molar-refractivity contribution < 1.29 is 0 Å². The van der Waals surface area contributed by atoms with E-state index in [0.29, 0.717) is 5.92 Å². The van der Waals surface area contributed by atoms with Crippen molar-refractivity contribution in [3.05, 3.63) is 245 Å². The predicted molar refractivity (Wildman–Crippen MR) is 272 cm³/mol. The summed E-state index contributed by atoms with van der Waals surface area (Å²) < 4.78 is 0. The van der Waals surface area contributed by atoms with E-state index in [-0.39, 0.29) is 10.8 Å². The highest BCUT2D eigenvalue weighted by molar-refractivity contribution is 6.11. The van der Waals surface area contributed by atoms with Crippen molar-refractivity contribution in [1.82, 2.24) is 0 Å². The number of benzene rings is 10. The van der Waals surface area contributed by atoms with Crippen LogP contribution in [0.2, 0.25) is 0 Å². The van der Waals surface area contributed by atoms with Crippen LogP contribution >= 0.6 is 0 Å². The molecule has 12 rings (SSSR count). The van der Waals surface area contributed by atoms with E-state index in [4.69, 9.17) is 0 Å². The van der Waals surface area contributed by atoms with Gasteiger partial charge in [-0.05, 0) is 149 Å². The Kier molecular flexibility index (Phi) is 8.82. The Bertz CT molecular complexity index is 3450. The number of anilines is 3. The normalized spacial score (nSPS) is 14.6. The predicted octanol–water partition coefficient (Wildman–Crippen LogP) is 16.8.